The van der Waals surface area contributed by atoms with Gasteiger partial charge >= 0.3 is 0 Å². The number of carbonyl (C=O) groups excluding carboxylic acids is 1. The summed E-state index contributed by atoms with van der Waals surface area (Å²) in [5.41, 5.74) is 1.11. The average Bonchev–Trinajstić information content (AvgIpc) is 2.53. The molecule has 0 aliphatic heterocycles. The topological polar surface area (TPSA) is 38.3 Å². The van der Waals surface area contributed by atoms with Gasteiger partial charge in [0, 0.05) is 11.0 Å². The first-order valence-corrected chi connectivity index (χ1v) is 9.46. The van der Waals surface area contributed by atoms with Gasteiger partial charge in [0.15, 0.2) is 6.61 Å². The third-order valence-electron chi connectivity index (χ3n) is 4.08. The smallest absolute Gasteiger partial charge is 0.257 e. The van der Waals surface area contributed by atoms with Crippen LogP contribution in [0.2, 0.25) is 0 Å². The first-order chi connectivity index (χ1) is 11.0. The number of nitrogens with one attached hydrogen (secondary N) is 1. The fourth-order valence-corrected chi connectivity index (χ4v) is 2.88. The molecule has 0 heterocycles. The molecular weight excluding hydrogens is 354 g/mol. The molecule has 1 N–H and O–H groups in total. The first kappa shape index (κ1) is 20.0. The minimum atomic E-state index is -0.0439. The van der Waals surface area contributed by atoms with Crippen LogP contribution in [0.15, 0.2) is 22.7 Å². The molecule has 0 radical (unpaired) electrons. The number of ether oxygens (including phenoxy) is 1. The second-order valence-corrected chi connectivity index (χ2v) is 7.26. The van der Waals surface area contributed by atoms with Crippen molar-refractivity contribution in [2.24, 2.45) is 5.92 Å². The van der Waals surface area contributed by atoms with Crippen molar-refractivity contribution in [2.45, 2.75) is 59.3 Å². The molecule has 1 unspecified atom stereocenters. The highest BCUT2D eigenvalue weighted by Gasteiger charge is 2.12. The molecule has 0 aromatic heterocycles. The van der Waals surface area contributed by atoms with Gasteiger partial charge in [-0.25, -0.2) is 0 Å². The molecule has 1 aromatic carbocycles. The van der Waals surface area contributed by atoms with E-state index < -0.39 is 0 Å². The number of rotatable bonds is 10. The van der Waals surface area contributed by atoms with Gasteiger partial charge in [0.1, 0.15) is 5.75 Å². The number of benzene rings is 1. The SMILES string of the molecule is CCCCC(CC)CNC(=O)COc1ccc(Br)cc1C(C)C. The molecular formula is C19H30BrNO2. The Balaban J connectivity index is 2.47. The van der Waals surface area contributed by atoms with Crippen molar-refractivity contribution in [2.75, 3.05) is 13.2 Å². The van der Waals surface area contributed by atoms with Crippen molar-refractivity contribution in [3.05, 3.63) is 28.2 Å². The van der Waals surface area contributed by atoms with Gasteiger partial charge in [0.05, 0.1) is 0 Å². The highest BCUT2D eigenvalue weighted by molar-refractivity contribution is 9.10. The van der Waals surface area contributed by atoms with E-state index in [0.717, 1.165) is 28.8 Å². The lowest BCUT2D eigenvalue weighted by atomic mass is 9.99. The van der Waals surface area contributed by atoms with E-state index in [1.807, 2.05) is 12.1 Å². The van der Waals surface area contributed by atoms with Gasteiger partial charge in [-0.1, -0.05) is 62.9 Å². The van der Waals surface area contributed by atoms with Crippen LogP contribution >= 0.6 is 15.9 Å². The Labute approximate surface area is 149 Å². The predicted molar refractivity (Wildman–Crippen MR) is 100 cm³/mol. The van der Waals surface area contributed by atoms with Crippen molar-refractivity contribution < 1.29 is 9.53 Å². The van der Waals surface area contributed by atoms with Crippen LogP contribution in [0.3, 0.4) is 0 Å². The van der Waals surface area contributed by atoms with Gasteiger partial charge in [-0.3, -0.25) is 4.79 Å². The molecule has 1 rings (SSSR count). The van der Waals surface area contributed by atoms with E-state index in [-0.39, 0.29) is 12.5 Å². The fourth-order valence-electron chi connectivity index (χ4n) is 2.50. The maximum Gasteiger partial charge on any atom is 0.257 e. The van der Waals surface area contributed by atoms with Crippen molar-refractivity contribution in [1.29, 1.82) is 0 Å². The van der Waals surface area contributed by atoms with E-state index in [1.165, 1.54) is 19.3 Å². The van der Waals surface area contributed by atoms with E-state index >= 15 is 0 Å². The lowest BCUT2D eigenvalue weighted by Gasteiger charge is -2.17. The molecule has 4 heteroatoms. The van der Waals surface area contributed by atoms with Gasteiger partial charge in [-0.05, 0) is 42.0 Å². The zero-order valence-electron chi connectivity index (χ0n) is 14.8. The summed E-state index contributed by atoms with van der Waals surface area (Å²) in [5.74, 6) is 1.66. The summed E-state index contributed by atoms with van der Waals surface area (Å²) in [6, 6.07) is 5.91. The Kier molecular flexibility index (Phi) is 9.30. The molecule has 0 saturated carbocycles. The molecule has 0 spiro atoms. The maximum atomic E-state index is 12.0. The minimum Gasteiger partial charge on any atom is -0.483 e. The van der Waals surface area contributed by atoms with E-state index in [9.17, 15) is 4.79 Å². The molecule has 0 aliphatic rings. The summed E-state index contributed by atoms with van der Waals surface area (Å²) in [7, 11) is 0. The molecule has 3 nitrogen and oxygen atoms in total. The Morgan fingerprint density at radius 2 is 2.04 bits per heavy atom. The quantitative estimate of drug-likeness (QED) is 0.596. The highest BCUT2D eigenvalue weighted by atomic mass is 79.9. The Hall–Kier alpha value is -1.03. The van der Waals surface area contributed by atoms with Gasteiger partial charge < -0.3 is 10.1 Å². The van der Waals surface area contributed by atoms with Crippen LogP contribution < -0.4 is 10.1 Å². The number of carbonyl (C=O) groups is 1. The monoisotopic (exact) mass is 383 g/mol. The number of hydrogen-bond donors (Lipinski definition) is 1. The highest BCUT2D eigenvalue weighted by Crippen LogP contribution is 2.29. The van der Waals surface area contributed by atoms with Crippen LogP contribution in [0.1, 0.15) is 64.9 Å². The van der Waals surface area contributed by atoms with Crippen LogP contribution in [0.5, 0.6) is 5.75 Å². The maximum absolute atomic E-state index is 12.0. The van der Waals surface area contributed by atoms with Gasteiger partial charge in [0.2, 0.25) is 0 Å². The van der Waals surface area contributed by atoms with Crippen molar-refractivity contribution in [1.82, 2.24) is 5.32 Å². The normalized spacial score (nSPS) is 12.3. The van der Waals surface area contributed by atoms with E-state index in [0.29, 0.717) is 11.8 Å². The van der Waals surface area contributed by atoms with E-state index in [4.69, 9.17) is 4.74 Å². The van der Waals surface area contributed by atoms with Gasteiger partial charge in [-0.2, -0.15) is 0 Å². The largest absolute Gasteiger partial charge is 0.483 e. The molecule has 0 fully saturated rings. The summed E-state index contributed by atoms with van der Waals surface area (Å²) in [4.78, 5) is 12.0. The predicted octanol–water partition coefficient (Wildman–Crippen LogP) is 5.28. The molecule has 1 aromatic rings. The summed E-state index contributed by atoms with van der Waals surface area (Å²) in [5, 5.41) is 3.00. The van der Waals surface area contributed by atoms with Crippen molar-refractivity contribution >= 4 is 21.8 Å². The lowest BCUT2D eigenvalue weighted by molar-refractivity contribution is -0.123. The molecule has 23 heavy (non-hydrogen) atoms. The molecule has 1 atom stereocenters. The average molecular weight is 384 g/mol. The number of hydrogen-bond acceptors (Lipinski definition) is 2. The Morgan fingerprint density at radius 1 is 1.30 bits per heavy atom. The van der Waals surface area contributed by atoms with Gasteiger partial charge in [0.25, 0.3) is 5.91 Å². The van der Waals surface area contributed by atoms with Crippen LogP contribution in [-0.2, 0) is 4.79 Å². The molecule has 1 amide bonds. The summed E-state index contributed by atoms with van der Waals surface area (Å²) in [6.07, 6.45) is 4.71. The van der Waals surface area contributed by atoms with Crippen LogP contribution in [0.25, 0.3) is 0 Å². The van der Waals surface area contributed by atoms with E-state index in [2.05, 4.69) is 55.0 Å². The molecule has 0 aliphatic carbocycles. The summed E-state index contributed by atoms with van der Waals surface area (Å²) in [6.45, 7) is 9.44. The third kappa shape index (κ3) is 7.38. The fraction of sp³-hybridized carbons (Fsp3) is 0.632. The minimum absolute atomic E-state index is 0.0439. The van der Waals surface area contributed by atoms with Gasteiger partial charge in [-0.15, -0.1) is 0 Å². The zero-order valence-corrected chi connectivity index (χ0v) is 16.4. The van der Waals surface area contributed by atoms with Crippen molar-refractivity contribution in [3.63, 3.8) is 0 Å². The van der Waals surface area contributed by atoms with E-state index in [1.54, 1.807) is 0 Å². The second-order valence-electron chi connectivity index (χ2n) is 6.35. The zero-order chi connectivity index (χ0) is 17.2. The Bertz CT molecular complexity index is 488. The molecule has 130 valence electrons. The Morgan fingerprint density at radius 3 is 2.65 bits per heavy atom. The van der Waals surface area contributed by atoms with Crippen molar-refractivity contribution in [3.8, 4) is 5.75 Å². The lowest BCUT2D eigenvalue weighted by Crippen LogP contribution is -2.33. The molecule has 0 saturated heterocycles. The second kappa shape index (κ2) is 10.7. The third-order valence-corrected chi connectivity index (χ3v) is 4.58. The molecule has 0 bridgehead atoms. The standard InChI is InChI=1S/C19H30BrNO2/c1-5-7-8-15(6-2)12-21-19(22)13-23-18-10-9-16(20)11-17(18)14(3)4/h9-11,14-15H,5-8,12-13H2,1-4H3,(H,21,22). The number of halogens is 1. The first-order valence-electron chi connectivity index (χ1n) is 8.66. The number of amides is 1. The van der Waals surface area contributed by atoms with Crippen LogP contribution in [0, 0.1) is 5.92 Å². The summed E-state index contributed by atoms with van der Waals surface area (Å²) < 4.78 is 6.76. The van der Waals surface area contributed by atoms with Crippen LogP contribution in [0.4, 0.5) is 0 Å². The number of unbranched alkanes of at least 4 members (excludes halogenated alkanes) is 1. The summed E-state index contributed by atoms with van der Waals surface area (Å²) >= 11 is 3.48. The van der Waals surface area contributed by atoms with Crippen LogP contribution in [-0.4, -0.2) is 19.1 Å².